The second-order valence-electron chi connectivity index (χ2n) is 4.04. The van der Waals surface area contributed by atoms with E-state index in [0.717, 1.165) is 12.0 Å². The summed E-state index contributed by atoms with van der Waals surface area (Å²) in [4.78, 5) is 0.146. The lowest BCUT2D eigenvalue weighted by atomic mass is 10.4. The number of aryl methyl sites for hydroxylation is 1. The van der Waals surface area contributed by atoms with E-state index in [1.807, 2.05) is 0 Å². The minimum atomic E-state index is -3.55. The minimum absolute atomic E-state index is 0.146. The first-order valence-corrected chi connectivity index (χ1v) is 7.33. The summed E-state index contributed by atoms with van der Waals surface area (Å²) >= 11 is 0. The molecule has 2 heterocycles. The van der Waals surface area contributed by atoms with E-state index in [-0.39, 0.29) is 11.4 Å². The molecule has 2 rings (SSSR count). The normalized spacial score (nSPS) is 11.8. The summed E-state index contributed by atoms with van der Waals surface area (Å²) in [5, 5.41) is 3.99. The fraction of sp³-hybridized carbons (Fsp3) is 0.364. The molecule has 19 heavy (non-hydrogen) atoms. The van der Waals surface area contributed by atoms with Gasteiger partial charge in [0.2, 0.25) is 10.0 Å². The highest BCUT2D eigenvalue weighted by Crippen LogP contribution is 2.09. The molecule has 0 aliphatic rings. The lowest BCUT2D eigenvalue weighted by Gasteiger charge is -2.02. The summed E-state index contributed by atoms with van der Waals surface area (Å²) in [6, 6.07) is 1.70. The second kappa shape index (κ2) is 6.00. The highest BCUT2D eigenvalue weighted by molar-refractivity contribution is 7.89. The molecule has 2 aromatic rings. The number of aromatic nitrogens is 2. The number of sulfonamides is 1. The van der Waals surface area contributed by atoms with Crippen molar-refractivity contribution in [2.45, 2.75) is 24.4 Å². The van der Waals surface area contributed by atoms with Crippen molar-refractivity contribution in [3.05, 3.63) is 36.5 Å². The van der Waals surface area contributed by atoms with Gasteiger partial charge in [0.05, 0.1) is 18.7 Å². The van der Waals surface area contributed by atoms with Crippen molar-refractivity contribution in [2.75, 3.05) is 6.54 Å². The van der Waals surface area contributed by atoms with Gasteiger partial charge in [0.1, 0.15) is 4.90 Å². The molecule has 0 amide bonds. The number of hydrogen-bond donors (Lipinski definition) is 2. The van der Waals surface area contributed by atoms with E-state index >= 15 is 0 Å². The smallest absolute Gasteiger partial charge is 0.243 e. The molecule has 7 nitrogen and oxygen atoms in total. The first kappa shape index (κ1) is 13.8. The van der Waals surface area contributed by atoms with Crippen LogP contribution in [0.4, 0.5) is 0 Å². The standard InChI is InChI=1S/C11H16N4O3S/c12-3-1-4-15-8-11(7-13-15)19(16,17)14-6-10-2-5-18-9-10/h2,5,7-9,14H,1,3-4,6,12H2. The number of nitrogens with one attached hydrogen (secondary N) is 1. The van der Waals surface area contributed by atoms with Crippen LogP contribution in [0.25, 0.3) is 0 Å². The van der Waals surface area contributed by atoms with Crippen LogP contribution in [0.3, 0.4) is 0 Å². The average molecular weight is 284 g/mol. The van der Waals surface area contributed by atoms with E-state index in [1.54, 1.807) is 10.7 Å². The molecule has 0 saturated carbocycles. The molecular formula is C11H16N4O3S. The fourth-order valence-electron chi connectivity index (χ4n) is 1.51. The van der Waals surface area contributed by atoms with E-state index < -0.39 is 10.0 Å². The maximum atomic E-state index is 12.0. The lowest BCUT2D eigenvalue weighted by molar-refractivity contribution is 0.561. The largest absolute Gasteiger partial charge is 0.472 e. The Morgan fingerprint density at radius 2 is 2.32 bits per heavy atom. The molecule has 104 valence electrons. The van der Waals surface area contributed by atoms with E-state index in [9.17, 15) is 8.42 Å². The van der Waals surface area contributed by atoms with Crippen molar-refractivity contribution in [1.82, 2.24) is 14.5 Å². The van der Waals surface area contributed by atoms with Gasteiger partial charge in [0.25, 0.3) is 0 Å². The molecule has 0 radical (unpaired) electrons. The maximum Gasteiger partial charge on any atom is 0.243 e. The van der Waals surface area contributed by atoms with Crippen LogP contribution in [0.15, 0.2) is 40.3 Å². The monoisotopic (exact) mass is 284 g/mol. The fourth-order valence-corrected chi connectivity index (χ4v) is 2.48. The van der Waals surface area contributed by atoms with Crippen molar-refractivity contribution in [2.24, 2.45) is 5.73 Å². The van der Waals surface area contributed by atoms with Gasteiger partial charge in [-0.1, -0.05) is 0 Å². The summed E-state index contributed by atoms with van der Waals surface area (Å²) in [5.41, 5.74) is 6.15. The highest BCUT2D eigenvalue weighted by Gasteiger charge is 2.16. The average Bonchev–Trinajstić information content (AvgIpc) is 3.05. The Balaban J connectivity index is 2.00. The molecule has 0 saturated heterocycles. The second-order valence-corrected chi connectivity index (χ2v) is 5.80. The van der Waals surface area contributed by atoms with Crippen molar-refractivity contribution >= 4 is 10.0 Å². The molecule has 0 bridgehead atoms. The van der Waals surface area contributed by atoms with Gasteiger partial charge in [-0.15, -0.1) is 0 Å². The van der Waals surface area contributed by atoms with Crippen molar-refractivity contribution in [3.63, 3.8) is 0 Å². The van der Waals surface area contributed by atoms with Gasteiger partial charge in [0, 0.05) is 24.8 Å². The molecule has 0 atom stereocenters. The molecule has 3 N–H and O–H groups in total. The number of nitrogens with zero attached hydrogens (tertiary/aromatic N) is 2. The third-order valence-electron chi connectivity index (χ3n) is 2.56. The summed E-state index contributed by atoms with van der Waals surface area (Å²) < 4.78 is 32.9. The molecule has 8 heteroatoms. The Hall–Kier alpha value is -1.64. The van der Waals surface area contributed by atoms with Gasteiger partial charge < -0.3 is 10.2 Å². The van der Waals surface area contributed by atoms with Crippen LogP contribution in [-0.2, 0) is 23.1 Å². The first-order valence-electron chi connectivity index (χ1n) is 5.85. The van der Waals surface area contributed by atoms with Crippen LogP contribution in [0, 0.1) is 0 Å². The van der Waals surface area contributed by atoms with Gasteiger partial charge in [-0.2, -0.15) is 5.10 Å². The Morgan fingerprint density at radius 3 is 3.00 bits per heavy atom. The van der Waals surface area contributed by atoms with E-state index in [4.69, 9.17) is 10.2 Å². The lowest BCUT2D eigenvalue weighted by Crippen LogP contribution is -2.22. The molecule has 0 fully saturated rings. The van der Waals surface area contributed by atoms with E-state index in [1.165, 1.54) is 24.9 Å². The number of rotatable bonds is 7. The number of furan rings is 1. The van der Waals surface area contributed by atoms with Gasteiger partial charge in [-0.3, -0.25) is 4.68 Å². The third-order valence-corrected chi connectivity index (χ3v) is 3.91. The van der Waals surface area contributed by atoms with E-state index in [2.05, 4.69) is 9.82 Å². The zero-order valence-corrected chi connectivity index (χ0v) is 11.1. The van der Waals surface area contributed by atoms with Gasteiger partial charge in [-0.05, 0) is 19.0 Å². The van der Waals surface area contributed by atoms with Crippen molar-refractivity contribution in [3.8, 4) is 0 Å². The van der Waals surface area contributed by atoms with Gasteiger partial charge in [0.15, 0.2) is 0 Å². The molecule has 2 aromatic heterocycles. The highest BCUT2D eigenvalue weighted by atomic mass is 32.2. The van der Waals surface area contributed by atoms with Crippen LogP contribution < -0.4 is 10.5 Å². The summed E-state index contributed by atoms with van der Waals surface area (Å²) in [6.45, 7) is 1.33. The molecule has 0 aliphatic carbocycles. The summed E-state index contributed by atoms with van der Waals surface area (Å²) in [7, 11) is -3.55. The number of nitrogens with two attached hydrogens (primary N) is 1. The Labute approximate surface area is 111 Å². The summed E-state index contributed by atoms with van der Waals surface area (Å²) in [6.07, 6.45) is 6.56. The van der Waals surface area contributed by atoms with E-state index in [0.29, 0.717) is 13.1 Å². The first-order chi connectivity index (χ1) is 9.12. The van der Waals surface area contributed by atoms with Crippen LogP contribution in [0.5, 0.6) is 0 Å². The van der Waals surface area contributed by atoms with Crippen LogP contribution >= 0.6 is 0 Å². The summed E-state index contributed by atoms with van der Waals surface area (Å²) in [5.74, 6) is 0. The Bertz CT molecular complexity index is 604. The van der Waals surface area contributed by atoms with Gasteiger partial charge in [-0.25, -0.2) is 13.1 Å². The van der Waals surface area contributed by atoms with Crippen molar-refractivity contribution in [1.29, 1.82) is 0 Å². The predicted octanol–water partition coefficient (Wildman–Crippen LogP) is 0.303. The maximum absolute atomic E-state index is 12.0. The minimum Gasteiger partial charge on any atom is -0.472 e. The van der Waals surface area contributed by atoms with Crippen molar-refractivity contribution < 1.29 is 12.8 Å². The van der Waals surface area contributed by atoms with Crippen LogP contribution in [-0.4, -0.2) is 24.7 Å². The zero-order chi connectivity index (χ0) is 13.7. The van der Waals surface area contributed by atoms with Crippen LogP contribution in [0.1, 0.15) is 12.0 Å². The van der Waals surface area contributed by atoms with Crippen LogP contribution in [0.2, 0.25) is 0 Å². The zero-order valence-electron chi connectivity index (χ0n) is 10.3. The third kappa shape index (κ3) is 3.66. The Morgan fingerprint density at radius 1 is 1.47 bits per heavy atom. The SMILES string of the molecule is NCCCn1cc(S(=O)(=O)NCc2ccoc2)cn1. The quantitative estimate of drug-likeness (QED) is 0.761. The molecule has 0 unspecified atom stereocenters. The molecular weight excluding hydrogens is 268 g/mol. The molecule has 0 spiro atoms. The molecule has 0 aromatic carbocycles. The Kier molecular flexibility index (Phi) is 4.35. The van der Waals surface area contributed by atoms with Gasteiger partial charge >= 0.3 is 0 Å². The predicted molar refractivity (Wildman–Crippen MR) is 68.6 cm³/mol. The topological polar surface area (TPSA) is 103 Å². The number of hydrogen-bond acceptors (Lipinski definition) is 5. The molecule has 0 aliphatic heterocycles.